The van der Waals surface area contributed by atoms with E-state index < -0.39 is 35.2 Å². The second kappa shape index (κ2) is 20.0. The Labute approximate surface area is 409 Å². The van der Waals surface area contributed by atoms with E-state index >= 15 is 0 Å². The molecular weight excluding hydrogens is 936 g/mol. The summed E-state index contributed by atoms with van der Waals surface area (Å²) in [5.41, 5.74) is 5.79. The maximum atomic E-state index is 14.0. The number of nitro groups is 1. The molecule has 4 heterocycles. The molecule has 0 spiro atoms. The number of nitro benzene ring substituents is 1. The number of carbonyl (C=O) groups is 2. The van der Waals surface area contributed by atoms with E-state index in [9.17, 15) is 28.1 Å². The van der Waals surface area contributed by atoms with Crippen LogP contribution in [0, 0.1) is 21.4 Å². The number of H-pyrrole nitrogens is 1. The Bertz CT molecular complexity index is 3050. The SMILES string of the molecule is C=S1(=NC(=O)C2CC2)CCN(CCCc2ccc(S(=O)(=O)NC(=O)c3ccc(N4CCN(CC5=C(c6ccc(Cl)cc6)CC(C)(C)CC5)CC4)cc3Oc3cnc4[nH]ccc4c3)cc2[N+](=O)[O-])CC1. The van der Waals surface area contributed by atoms with Crippen molar-refractivity contribution in [1.29, 1.82) is 0 Å². The lowest BCUT2D eigenvalue weighted by atomic mass is 9.72. The molecule has 2 amide bonds. The first kappa shape index (κ1) is 48.4. The fourth-order valence-corrected chi connectivity index (χ4v) is 12.7. The molecule has 18 heteroatoms. The average molecular weight is 996 g/mol. The zero-order chi connectivity index (χ0) is 48.5. The molecule has 0 atom stereocenters. The number of hydrogen-bond donors (Lipinski definition) is 2. The van der Waals surface area contributed by atoms with E-state index in [1.807, 2.05) is 18.2 Å². The molecule has 0 unspecified atom stereocenters. The van der Waals surface area contributed by atoms with Gasteiger partial charge in [0, 0.05) is 103 Å². The highest BCUT2D eigenvalue weighted by Crippen LogP contribution is 2.43. The van der Waals surface area contributed by atoms with Crippen molar-refractivity contribution in [2.75, 3.05) is 68.8 Å². The Morgan fingerprint density at radius 2 is 1.75 bits per heavy atom. The van der Waals surface area contributed by atoms with Crippen LogP contribution in [-0.2, 0) is 30.7 Å². The molecule has 1 saturated carbocycles. The van der Waals surface area contributed by atoms with Gasteiger partial charge >= 0.3 is 0 Å². The molecule has 3 aromatic carbocycles. The molecule has 2 saturated heterocycles. The average Bonchev–Trinajstić information content (AvgIpc) is 4.08. The minimum Gasteiger partial charge on any atom is -0.455 e. The Hall–Kier alpha value is -5.59. The number of sulfonamides is 1. The van der Waals surface area contributed by atoms with E-state index in [-0.39, 0.29) is 34.2 Å². The van der Waals surface area contributed by atoms with Gasteiger partial charge in [0.1, 0.15) is 17.1 Å². The number of ether oxygens (including phenoxy) is 1. The monoisotopic (exact) mass is 994 g/mol. The Morgan fingerprint density at radius 3 is 2.48 bits per heavy atom. The highest BCUT2D eigenvalue weighted by Gasteiger charge is 2.32. The highest BCUT2D eigenvalue weighted by atomic mass is 35.5. The van der Waals surface area contributed by atoms with E-state index in [1.54, 1.807) is 30.5 Å². The van der Waals surface area contributed by atoms with Gasteiger partial charge in [0.2, 0.25) is 0 Å². The summed E-state index contributed by atoms with van der Waals surface area (Å²) in [6, 6.07) is 20.6. The van der Waals surface area contributed by atoms with E-state index in [0.29, 0.717) is 36.3 Å². The number of nitrogens with zero attached hydrogens (tertiary/aromatic N) is 6. The maximum Gasteiger partial charge on any atom is 0.273 e. The molecule has 364 valence electrons. The number of aromatic amines is 1. The number of aromatic nitrogens is 2. The summed E-state index contributed by atoms with van der Waals surface area (Å²) < 4.78 is 40.7. The summed E-state index contributed by atoms with van der Waals surface area (Å²) >= 11 is 6.25. The molecule has 9 rings (SSSR count). The summed E-state index contributed by atoms with van der Waals surface area (Å²) in [6.07, 6.45) is 9.25. The van der Waals surface area contributed by atoms with Gasteiger partial charge in [0.05, 0.1) is 21.6 Å². The minimum absolute atomic E-state index is 0.00335. The van der Waals surface area contributed by atoms with Crippen molar-refractivity contribution in [3.05, 3.63) is 123 Å². The van der Waals surface area contributed by atoms with Crippen molar-refractivity contribution in [1.82, 2.24) is 24.5 Å². The van der Waals surface area contributed by atoms with Crippen LogP contribution in [-0.4, -0.2) is 115 Å². The van der Waals surface area contributed by atoms with Crippen molar-refractivity contribution in [2.45, 2.75) is 63.7 Å². The number of pyridine rings is 1. The van der Waals surface area contributed by atoms with Gasteiger partial charge < -0.3 is 19.5 Å². The second-order valence-electron chi connectivity index (χ2n) is 19.6. The van der Waals surface area contributed by atoms with E-state index in [2.05, 4.69) is 65.6 Å². The van der Waals surface area contributed by atoms with Crippen LogP contribution in [0.15, 0.2) is 100 Å². The van der Waals surface area contributed by atoms with Crippen LogP contribution in [0.4, 0.5) is 11.4 Å². The number of rotatable bonds is 15. The van der Waals surface area contributed by atoms with Crippen LogP contribution in [0.1, 0.15) is 73.9 Å². The molecular formula is C51H59ClN8O7S2. The standard InChI is InChI=1S/C51H59ClN8O7S2/c1-51(2)18-16-39(45(32-51)35-8-11-40(52)12-9-35)34-58-21-23-59(24-22-58)41-13-15-44(47(30-41)67-42-29-38-17-19-53-48(38)54-33-42)50(62)56-69(65,66)43-14-10-36(46(31-43)60(63)64)5-4-20-57-25-27-68(3,28-26-57)55-49(61)37-6-7-37/h8-15,17,19,29-31,33,37H,3-7,16,18,20-28,32,34H2,1-2H3,(H,53,54)(H,56,62). The number of halogens is 1. The Balaban J connectivity index is 0.878. The third kappa shape index (κ3) is 11.7. The lowest BCUT2D eigenvalue weighted by molar-refractivity contribution is -0.385. The van der Waals surface area contributed by atoms with Gasteiger partial charge in [-0.3, -0.25) is 24.6 Å². The van der Waals surface area contributed by atoms with E-state index in [4.69, 9.17) is 16.3 Å². The molecule has 2 aliphatic heterocycles. The molecule has 0 radical (unpaired) electrons. The van der Waals surface area contributed by atoms with Crippen LogP contribution < -0.4 is 14.4 Å². The third-order valence-corrected chi connectivity index (χ3v) is 17.9. The minimum atomic E-state index is -4.58. The zero-order valence-corrected chi connectivity index (χ0v) is 41.5. The topological polar surface area (TPSA) is 183 Å². The van der Waals surface area contributed by atoms with Crippen LogP contribution >= 0.6 is 11.6 Å². The van der Waals surface area contributed by atoms with Gasteiger partial charge in [-0.2, -0.15) is 4.36 Å². The van der Waals surface area contributed by atoms with Crippen LogP contribution in [0.2, 0.25) is 5.02 Å². The maximum absolute atomic E-state index is 14.0. The zero-order valence-electron chi connectivity index (χ0n) is 39.1. The normalized spacial score (nSPS) is 18.8. The van der Waals surface area contributed by atoms with E-state index in [0.717, 1.165) is 112 Å². The number of piperazine rings is 1. The first-order valence-corrected chi connectivity index (χ1v) is 27.6. The highest BCUT2D eigenvalue weighted by molar-refractivity contribution is 8.02. The van der Waals surface area contributed by atoms with Crippen molar-refractivity contribution in [3.8, 4) is 11.5 Å². The van der Waals surface area contributed by atoms with Crippen molar-refractivity contribution in [3.63, 3.8) is 0 Å². The lowest BCUT2D eigenvalue weighted by Crippen LogP contribution is -2.47. The number of anilines is 1. The van der Waals surface area contributed by atoms with Crippen molar-refractivity contribution < 1.29 is 27.7 Å². The molecule has 2 aromatic heterocycles. The number of allylic oxidation sites excluding steroid dienone is 1. The molecule has 4 aliphatic rings. The summed E-state index contributed by atoms with van der Waals surface area (Å²) in [6.45, 7) is 10.8. The molecule has 2 N–H and O–H groups in total. The van der Waals surface area contributed by atoms with Gasteiger partial charge in [0.25, 0.3) is 27.5 Å². The van der Waals surface area contributed by atoms with Gasteiger partial charge in [-0.05, 0) is 111 Å². The number of carbonyl (C=O) groups excluding carboxylic acids is 2. The van der Waals surface area contributed by atoms with Crippen LogP contribution in [0.25, 0.3) is 16.6 Å². The summed E-state index contributed by atoms with van der Waals surface area (Å²) in [7, 11) is -6.15. The van der Waals surface area contributed by atoms with Crippen molar-refractivity contribution >= 4 is 76.7 Å². The lowest BCUT2D eigenvalue weighted by Gasteiger charge is -2.39. The fourth-order valence-electron chi connectivity index (χ4n) is 9.52. The Morgan fingerprint density at radius 1 is 1.00 bits per heavy atom. The number of benzene rings is 3. The quantitative estimate of drug-likeness (QED) is 0.0581. The van der Waals surface area contributed by atoms with Gasteiger partial charge in [-0.15, -0.1) is 9.41 Å². The molecule has 5 aromatic rings. The molecule has 15 nitrogen and oxygen atoms in total. The fraction of sp³-hybridized carbons (Fsp3) is 0.412. The number of nitrogens with one attached hydrogen (secondary N) is 2. The number of amides is 2. The summed E-state index contributed by atoms with van der Waals surface area (Å²) in [4.78, 5) is 52.1. The number of aryl methyl sites for hydroxylation is 1. The predicted molar refractivity (Wildman–Crippen MR) is 274 cm³/mol. The molecule has 69 heavy (non-hydrogen) atoms. The summed E-state index contributed by atoms with van der Waals surface area (Å²) in [5, 5.41) is 13.8. The van der Waals surface area contributed by atoms with Crippen molar-refractivity contribution in [2.24, 2.45) is 15.7 Å². The largest absolute Gasteiger partial charge is 0.455 e. The molecule has 0 bridgehead atoms. The first-order valence-electron chi connectivity index (χ1n) is 23.6. The predicted octanol–water partition coefficient (Wildman–Crippen LogP) is 8.78. The van der Waals surface area contributed by atoms with Gasteiger partial charge in [-0.1, -0.05) is 55.1 Å². The Kier molecular flexibility index (Phi) is 14.1. The second-order valence-corrected chi connectivity index (χ2v) is 24.7. The molecule has 3 fully saturated rings. The van der Waals surface area contributed by atoms with Crippen LogP contribution in [0.3, 0.4) is 0 Å². The van der Waals surface area contributed by atoms with Gasteiger partial charge in [-0.25, -0.2) is 18.1 Å². The van der Waals surface area contributed by atoms with E-state index in [1.165, 1.54) is 35.0 Å². The third-order valence-electron chi connectivity index (χ3n) is 13.8. The van der Waals surface area contributed by atoms with Gasteiger partial charge in [0.15, 0.2) is 0 Å². The first-order chi connectivity index (χ1) is 33.0. The molecule has 2 aliphatic carbocycles. The number of fused-ring (bicyclic) bond motifs is 1. The summed E-state index contributed by atoms with van der Waals surface area (Å²) in [5.74, 6) is 5.40. The number of hydrogen-bond acceptors (Lipinski definition) is 11. The smallest absolute Gasteiger partial charge is 0.273 e. The van der Waals surface area contributed by atoms with Crippen LogP contribution in [0.5, 0.6) is 11.5 Å².